The summed E-state index contributed by atoms with van der Waals surface area (Å²) in [6, 6.07) is 0.287. The zero-order valence-electron chi connectivity index (χ0n) is 9.72. The molecule has 0 saturated carbocycles. The van der Waals surface area contributed by atoms with E-state index in [1.807, 2.05) is 7.05 Å². The lowest BCUT2D eigenvalue weighted by atomic mass is 10.1. The Kier molecular flexibility index (Phi) is 4.66. The lowest BCUT2D eigenvalue weighted by Crippen LogP contribution is -2.53. The van der Waals surface area contributed by atoms with Gasteiger partial charge in [-0.3, -0.25) is 0 Å². The highest BCUT2D eigenvalue weighted by Gasteiger charge is 2.30. The van der Waals surface area contributed by atoms with Crippen LogP contribution in [0.2, 0.25) is 0 Å². The van der Waals surface area contributed by atoms with Crippen LogP contribution in [0.15, 0.2) is 0 Å². The van der Waals surface area contributed by atoms with Crippen LogP contribution in [0.5, 0.6) is 0 Å². The zero-order valence-corrected chi connectivity index (χ0v) is 11.4. The van der Waals surface area contributed by atoms with Crippen LogP contribution in [0.1, 0.15) is 13.3 Å². The van der Waals surface area contributed by atoms with Crippen molar-refractivity contribution in [3.8, 4) is 0 Å². The summed E-state index contributed by atoms with van der Waals surface area (Å²) in [5.41, 5.74) is 5.29. The number of hydrogen-bond donors (Lipinski definition) is 1. The standard InChI is InChI=1S/C9H19N3O2S2/c1-3-8-6-12(5-4-11(8)2)16(13,14)7-9(10)15/h8H,3-7H2,1-2H3,(H2,10,15). The van der Waals surface area contributed by atoms with Gasteiger partial charge in [-0.1, -0.05) is 19.1 Å². The number of sulfonamides is 1. The van der Waals surface area contributed by atoms with Gasteiger partial charge in [0, 0.05) is 25.7 Å². The summed E-state index contributed by atoms with van der Waals surface area (Å²) < 4.78 is 25.3. The third-order valence-electron chi connectivity index (χ3n) is 2.93. The van der Waals surface area contributed by atoms with E-state index in [0.29, 0.717) is 13.1 Å². The Hall–Kier alpha value is -0.240. The summed E-state index contributed by atoms with van der Waals surface area (Å²) in [6.45, 7) is 3.88. The van der Waals surface area contributed by atoms with Crippen LogP contribution in [0.25, 0.3) is 0 Å². The molecule has 0 aromatic rings. The van der Waals surface area contributed by atoms with E-state index in [1.165, 1.54) is 4.31 Å². The normalized spacial score (nSPS) is 24.5. The summed E-state index contributed by atoms with van der Waals surface area (Å²) in [4.78, 5) is 2.22. The van der Waals surface area contributed by atoms with Crippen LogP contribution in [0.3, 0.4) is 0 Å². The van der Waals surface area contributed by atoms with Crippen molar-refractivity contribution in [2.45, 2.75) is 19.4 Å². The van der Waals surface area contributed by atoms with Crippen molar-refractivity contribution < 1.29 is 8.42 Å². The maximum Gasteiger partial charge on any atom is 0.220 e. The fraction of sp³-hybridized carbons (Fsp3) is 0.889. The molecule has 0 aromatic heterocycles. The Morgan fingerprint density at radius 2 is 2.12 bits per heavy atom. The van der Waals surface area contributed by atoms with Crippen LogP contribution in [-0.4, -0.2) is 61.1 Å². The van der Waals surface area contributed by atoms with Crippen molar-refractivity contribution in [2.75, 3.05) is 32.4 Å². The van der Waals surface area contributed by atoms with Crippen molar-refractivity contribution in [3.63, 3.8) is 0 Å². The molecule has 0 amide bonds. The van der Waals surface area contributed by atoms with Crippen LogP contribution in [-0.2, 0) is 10.0 Å². The second-order valence-corrected chi connectivity index (χ2v) is 6.62. The molecule has 1 rings (SSSR count). The van der Waals surface area contributed by atoms with E-state index in [-0.39, 0.29) is 16.8 Å². The number of nitrogens with two attached hydrogens (primary N) is 1. The molecule has 0 aromatic carbocycles. The summed E-state index contributed by atoms with van der Waals surface area (Å²) >= 11 is 4.66. The molecule has 5 nitrogen and oxygen atoms in total. The minimum Gasteiger partial charge on any atom is -0.392 e. The van der Waals surface area contributed by atoms with E-state index in [4.69, 9.17) is 5.73 Å². The van der Waals surface area contributed by atoms with Gasteiger partial charge in [-0.05, 0) is 13.5 Å². The van der Waals surface area contributed by atoms with Crippen molar-refractivity contribution in [2.24, 2.45) is 5.73 Å². The Labute approximate surface area is 103 Å². The highest BCUT2D eigenvalue weighted by molar-refractivity contribution is 7.92. The average molecular weight is 265 g/mol. The molecule has 0 aliphatic carbocycles. The van der Waals surface area contributed by atoms with Crippen LogP contribution < -0.4 is 5.73 Å². The first kappa shape index (κ1) is 13.8. The third kappa shape index (κ3) is 3.38. The smallest absolute Gasteiger partial charge is 0.220 e. The first-order chi connectivity index (χ1) is 7.36. The lowest BCUT2D eigenvalue weighted by molar-refractivity contribution is 0.144. The van der Waals surface area contributed by atoms with E-state index in [1.54, 1.807) is 0 Å². The Morgan fingerprint density at radius 1 is 1.50 bits per heavy atom. The highest BCUT2D eigenvalue weighted by atomic mass is 32.2. The molecule has 1 heterocycles. The Bertz CT molecular complexity index is 356. The fourth-order valence-electron chi connectivity index (χ4n) is 1.88. The molecule has 1 saturated heterocycles. The van der Waals surface area contributed by atoms with Gasteiger partial charge in [0.25, 0.3) is 0 Å². The minimum atomic E-state index is -3.31. The van der Waals surface area contributed by atoms with Gasteiger partial charge in [-0.25, -0.2) is 8.42 Å². The molecule has 0 radical (unpaired) electrons. The van der Waals surface area contributed by atoms with Crippen LogP contribution in [0.4, 0.5) is 0 Å². The lowest BCUT2D eigenvalue weighted by Gasteiger charge is -2.38. The first-order valence-corrected chi connectivity index (χ1v) is 7.35. The van der Waals surface area contributed by atoms with Gasteiger partial charge >= 0.3 is 0 Å². The SMILES string of the molecule is CCC1CN(S(=O)(=O)CC(N)=S)CCN1C. The maximum atomic E-state index is 11.9. The molecule has 2 N–H and O–H groups in total. The van der Waals surface area contributed by atoms with Gasteiger partial charge in [-0.15, -0.1) is 0 Å². The van der Waals surface area contributed by atoms with Crippen LogP contribution in [0, 0.1) is 0 Å². The largest absolute Gasteiger partial charge is 0.392 e. The van der Waals surface area contributed by atoms with E-state index < -0.39 is 10.0 Å². The van der Waals surface area contributed by atoms with Gasteiger partial charge in [-0.2, -0.15) is 4.31 Å². The number of nitrogens with zero attached hydrogens (tertiary/aromatic N) is 2. The van der Waals surface area contributed by atoms with Gasteiger partial charge in [0.1, 0.15) is 5.75 Å². The predicted molar refractivity (Wildman–Crippen MR) is 68.9 cm³/mol. The molecule has 0 spiro atoms. The van der Waals surface area contributed by atoms with Gasteiger partial charge in [0.15, 0.2) is 0 Å². The third-order valence-corrected chi connectivity index (χ3v) is 5.05. The van der Waals surface area contributed by atoms with E-state index in [0.717, 1.165) is 13.0 Å². The average Bonchev–Trinajstić information content (AvgIpc) is 2.16. The highest BCUT2D eigenvalue weighted by Crippen LogP contribution is 2.14. The van der Waals surface area contributed by atoms with E-state index >= 15 is 0 Å². The quantitative estimate of drug-likeness (QED) is 0.703. The summed E-state index contributed by atoms with van der Waals surface area (Å²) in [6.07, 6.45) is 0.940. The molecule has 0 bridgehead atoms. The second kappa shape index (κ2) is 5.39. The minimum absolute atomic E-state index is 0.0342. The Morgan fingerprint density at radius 3 is 2.62 bits per heavy atom. The van der Waals surface area contributed by atoms with Crippen molar-refractivity contribution in [1.82, 2.24) is 9.21 Å². The second-order valence-electron chi connectivity index (χ2n) is 4.12. The van der Waals surface area contributed by atoms with Gasteiger partial charge in [0.05, 0.1) is 4.99 Å². The van der Waals surface area contributed by atoms with Crippen molar-refractivity contribution in [3.05, 3.63) is 0 Å². The van der Waals surface area contributed by atoms with Gasteiger partial charge < -0.3 is 10.6 Å². The van der Waals surface area contributed by atoms with E-state index in [2.05, 4.69) is 24.0 Å². The van der Waals surface area contributed by atoms with E-state index in [9.17, 15) is 8.42 Å². The Balaban J connectivity index is 2.71. The molecular weight excluding hydrogens is 246 g/mol. The number of rotatable bonds is 4. The van der Waals surface area contributed by atoms with Crippen LogP contribution >= 0.6 is 12.2 Å². The van der Waals surface area contributed by atoms with Crippen molar-refractivity contribution in [1.29, 1.82) is 0 Å². The number of likely N-dealkylation sites (N-methyl/N-ethyl adjacent to an activating group) is 1. The summed E-state index contributed by atoms with van der Waals surface area (Å²) in [5.74, 6) is -0.220. The molecule has 1 atom stereocenters. The molecule has 1 unspecified atom stereocenters. The first-order valence-electron chi connectivity index (χ1n) is 5.33. The molecule has 94 valence electrons. The molecule has 1 aliphatic heterocycles. The molecule has 1 fully saturated rings. The maximum absolute atomic E-state index is 11.9. The topological polar surface area (TPSA) is 66.6 Å². The number of thiocarbonyl (C=S) groups is 1. The van der Waals surface area contributed by atoms with Gasteiger partial charge in [0.2, 0.25) is 10.0 Å². The number of hydrogen-bond acceptors (Lipinski definition) is 4. The fourth-order valence-corrected chi connectivity index (χ4v) is 3.63. The van der Waals surface area contributed by atoms with Crippen molar-refractivity contribution >= 4 is 27.2 Å². The predicted octanol–water partition coefficient (Wildman–Crippen LogP) is -0.372. The summed E-state index contributed by atoms with van der Waals surface area (Å²) in [7, 11) is -1.29. The number of piperazine rings is 1. The molecule has 16 heavy (non-hydrogen) atoms. The monoisotopic (exact) mass is 265 g/mol. The summed E-state index contributed by atoms with van der Waals surface area (Å²) in [5, 5.41) is 0. The zero-order chi connectivity index (χ0) is 12.3. The molecule has 1 aliphatic rings. The molecule has 7 heteroatoms. The molecular formula is C9H19N3O2S2.